The number of allylic oxidation sites excluding steroid dienone is 1. The lowest BCUT2D eigenvalue weighted by atomic mass is 10.1. The summed E-state index contributed by atoms with van der Waals surface area (Å²) in [4.78, 5) is 26.0. The van der Waals surface area contributed by atoms with Crippen molar-refractivity contribution < 1.29 is 29.6 Å². The number of phenols is 1. The molecule has 0 aromatic heterocycles. The van der Waals surface area contributed by atoms with Crippen LogP contribution >= 0.6 is 0 Å². The minimum absolute atomic E-state index is 0.0362. The normalized spacial score (nSPS) is 12.3. The maximum absolute atomic E-state index is 12.5. The van der Waals surface area contributed by atoms with E-state index in [1.54, 1.807) is 23.1 Å². The second-order valence-electron chi connectivity index (χ2n) is 9.71. The first-order valence-corrected chi connectivity index (χ1v) is 14.3. The summed E-state index contributed by atoms with van der Waals surface area (Å²) in [6.45, 7) is 2.59. The van der Waals surface area contributed by atoms with E-state index in [2.05, 4.69) is 19.1 Å². The predicted molar refractivity (Wildman–Crippen MR) is 153 cm³/mol. The van der Waals surface area contributed by atoms with Gasteiger partial charge in [-0.1, -0.05) is 76.2 Å². The molecule has 0 unspecified atom stereocenters. The highest BCUT2D eigenvalue weighted by Crippen LogP contribution is 2.12. The SMILES string of the molecule is CCCCCC[C@H](O)C/C=C\CCCCCCCC(=O)N(CCO)CCOC(=O)/C=C/c1ccc(O)cc1. The summed E-state index contributed by atoms with van der Waals surface area (Å²) in [5.74, 6) is -0.392. The quantitative estimate of drug-likeness (QED) is 0.0758. The summed E-state index contributed by atoms with van der Waals surface area (Å²) in [6.07, 6.45) is 19.9. The first-order chi connectivity index (χ1) is 18.5. The molecule has 7 heteroatoms. The van der Waals surface area contributed by atoms with E-state index < -0.39 is 5.97 Å². The average Bonchev–Trinajstić information content (AvgIpc) is 2.91. The van der Waals surface area contributed by atoms with Gasteiger partial charge in [-0.2, -0.15) is 0 Å². The highest BCUT2D eigenvalue weighted by atomic mass is 16.5. The van der Waals surface area contributed by atoms with E-state index in [0.717, 1.165) is 63.4 Å². The number of carbonyl (C=O) groups excluding carboxylic acids is 2. The van der Waals surface area contributed by atoms with Gasteiger partial charge >= 0.3 is 5.97 Å². The average molecular weight is 532 g/mol. The third-order valence-corrected chi connectivity index (χ3v) is 6.36. The Balaban J connectivity index is 2.11. The lowest BCUT2D eigenvalue weighted by Gasteiger charge is -2.21. The Kier molecular flexibility index (Phi) is 19.6. The van der Waals surface area contributed by atoms with Gasteiger partial charge in [0.05, 0.1) is 19.3 Å². The third-order valence-electron chi connectivity index (χ3n) is 6.36. The number of nitrogens with zero attached hydrogens (tertiary/aromatic N) is 1. The number of aromatic hydroxyl groups is 1. The number of benzene rings is 1. The van der Waals surface area contributed by atoms with Gasteiger partial charge in [-0.05, 0) is 55.9 Å². The number of phenolic OH excluding ortho intramolecular Hbond substituents is 1. The second kappa shape index (κ2) is 22.4. The standard InChI is InChI=1S/C31H49NO6/c1-2-3-4-11-14-28(34)15-12-9-7-5-6-8-10-13-16-30(36)32(23-25-33)24-26-38-31(37)22-19-27-17-20-29(35)21-18-27/h9,12,17-22,28,33-35H,2-8,10-11,13-16,23-26H2,1H3/b12-9-,22-19+/t28-/m0/s1. The van der Waals surface area contributed by atoms with Crippen LogP contribution in [-0.2, 0) is 14.3 Å². The topological polar surface area (TPSA) is 107 Å². The monoisotopic (exact) mass is 531 g/mol. The molecule has 0 aliphatic heterocycles. The largest absolute Gasteiger partial charge is 0.508 e. The number of carbonyl (C=O) groups is 2. The van der Waals surface area contributed by atoms with E-state index in [0.29, 0.717) is 6.42 Å². The van der Waals surface area contributed by atoms with E-state index in [1.807, 2.05) is 0 Å². The van der Waals surface area contributed by atoms with Gasteiger partial charge < -0.3 is 25.0 Å². The number of unbranched alkanes of at least 4 members (excludes halogenated alkanes) is 8. The van der Waals surface area contributed by atoms with Crippen LogP contribution < -0.4 is 0 Å². The van der Waals surface area contributed by atoms with Crippen LogP contribution in [0.15, 0.2) is 42.5 Å². The fourth-order valence-electron chi connectivity index (χ4n) is 4.06. The van der Waals surface area contributed by atoms with Gasteiger partial charge in [-0.15, -0.1) is 0 Å². The molecule has 0 spiro atoms. The van der Waals surface area contributed by atoms with Crippen LogP contribution in [0.25, 0.3) is 6.08 Å². The van der Waals surface area contributed by atoms with Gasteiger partial charge in [0.15, 0.2) is 0 Å². The highest BCUT2D eigenvalue weighted by Gasteiger charge is 2.13. The summed E-state index contributed by atoms with van der Waals surface area (Å²) in [6, 6.07) is 6.43. The molecule has 0 fully saturated rings. The van der Waals surface area contributed by atoms with Crippen LogP contribution in [0.5, 0.6) is 5.75 Å². The fraction of sp³-hybridized carbons (Fsp3) is 0.613. The molecule has 3 N–H and O–H groups in total. The maximum atomic E-state index is 12.5. The first kappa shape index (κ1) is 33.4. The number of aliphatic hydroxyl groups excluding tert-OH is 2. The molecule has 0 saturated carbocycles. The van der Waals surface area contributed by atoms with Gasteiger partial charge in [-0.25, -0.2) is 4.79 Å². The summed E-state index contributed by atoms with van der Waals surface area (Å²) < 4.78 is 5.18. The fourth-order valence-corrected chi connectivity index (χ4v) is 4.06. The number of hydrogen-bond donors (Lipinski definition) is 3. The van der Waals surface area contributed by atoms with E-state index in [1.165, 1.54) is 37.5 Å². The van der Waals surface area contributed by atoms with Crippen molar-refractivity contribution in [3.63, 3.8) is 0 Å². The number of esters is 1. The third kappa shape index (κ3) is 17.8. The molecule has 1 aromatic carbocycles. The van der Waals surface area contributed by atoms with Gasteiger partial charge in [0.2, 0.25) is 5.91 Å². The summed E-state index contributed by atoms with van der Waals surface area (Å²) >= 11 is 0. The molecule has 1 amide bonds. The Hall–Kier alpha value is -2.64. The number of amides is 1. The number of ether oxygens (including phenoxy) is 1. The van der Waals surface area contributed by atoms with Gasteiger partial charge in [0, 0.05) is 19.0 Å². The molecule has 214 valence electrons. The zero-order chi connectivity index (χ0) is 27.8. The van der Waals surface area contributed by atoms with Crippen LogP contribution in [0.1, 0.15) is 96.0 Å². The molecule has 38 heavy (non-hydrogen) atoms. The van der Waals surface area contributed by atoms with E-state index in [9.17, 15) is 24.9 Å². The second-order valence-corrected chi connectivity index (χ2v) is 9.71. The molecule has 1 rings (SSSR count). The lowest BCUT2D eigenvalue weighted by Crippen LogP contribution is -2.36. The number of hydrogen-bond acceptors (Lipinski definition) is 6. The van der Waals surface area contributed by atoms with Crippen LogP contribution in [0, 0.1) is 0 Å². The smallest absolute Gasteiger partial charge is 0.330 e. The zero-order valence-electron chi connectivity index (χ0n) is 23.2. The van der Waals surface area contributed by atoms with Crippen molar-refractivity contribution in [1.82, 2.24) is 4.90 Å². The van der Waals surface area contributed by atoms with Crippen molar-refractivity contribution >= 4 is 18.0 Å². The molecule has 0 aliphatic rings. The molecular weight excluding hydrogens is 482 g/mol. The Labute approximate surface area is 229 Å². The van der Waals surface area contributed by atoms with E-state index >= 15 is 0 Å². The Bertz CT molecular complexity index is 805. The minimum Gasteiger partial charge on any atom is -0.508 e. The van der Waals surface area contributed by atoms with Crippen molar-refractivity contribution in [1.29, 1.82) is 0 Å². The van der Waals surface area contributed by atoms with Crippen molar-refractivity contribution in [2.24, 2.45) is 0 Å². The van der Waals surface area contributed by atoms with Crippen LogP contribution in [0.3, 0.4) is 0 Å². The molecule has 0 saturated heterocycles. The molecule has 0 bridgehead atoms. The molecule has 1 atom stereocenters. The van der Waals surface area contributed by atoms with Crippen LogP contribution in [-0.4, -0.2) is 64.5 Å². The summed E-state index contributed by atoms with van der Waals surface area (Å²) in [5, 5.41) is 28.6. The predicted octanol–water partition coefficient (Wildman–Crippen LogP) is 5.78. The molecule has 1 aromatic rings. The van der Waals surface area contributed by atoms with E-state index in [-0.39, 0.29) is 44.1 Å². The van der Waals surface area contributed by atoms with E-state index in [4.69, 9.17) is 4.74 Å². The zero-order valence-corrected chi connectivity index (χ0v) is 23.2. The summed E-state index contributed by atoms with van der Waals surface area (Å²) in [5.41, 5.74) is 0.761. The van der Waals surface area contributed by atoms with Crippen molar-refractivity contribution in [2.45, 2.75) is 96.5 Å². The lowest BCUT2D eigenvalue weighted by molar-refractivity contribution is -0.141. The Morgan fingerprint density at radius 2 is 1.66 bits per heavy atom. The molecule has 7 nitrogen and oxygen atoms in total. The molecule has 0 radical (unpaired) electrons. The highest BCUT2D eigenvalue weighted by molar-refractivity contribution is 5.87. The number of rotatable bonds is 22. The maximum Gasteiger partial charge on any atom is 0.330 e. The van der Waals surface area contributed by atoms with Crippen molar-refractivity contribution in [3.05, 3.63) is 48.1 Å². The van der Waals surface area contributed by atoms with Crippen molar-refractivity contribution in [3.8, 4) is 5.75 Å². The summed E-state index contributed by atoms with van der Waals surface area (Å²) in [7, 11) is 0. The Morgan fingerprint density at radius 1 is 0.947 bits per heavy atom. The van der Waals surface area contributed by atoms with Gasteiger partial charge in [-0.3, -0.25) is 4.79 Å². The molecular formula is C31H49NO6. The minimum atomic E-state index is -0.511. The van der Waals surface area contributed by atoms with Gasteiger partial charge in [0.25, 0.3) is 0 Å². The van der Waals surface area contributed by atoms with Crippen LogP contribution in [0.2, 0.25) is 0 Å². The first-order valence-electron chi connectivity index (χ1n) is 14.3. The van der Waals surface area contributed by atoms with Crippen LogP contribution in [0.4, 0.5) is 0 Å². The van der Waals surface area contributed by atoms with Crippen molar-refractivity contribution in [2.75, 3.05) is 26.3 Å². The Morgan fingerprint density at radius 3 is 2.39 bits per heavy atom. The molecule has 0 aliphatic carbocycles. The number of aliphatic hydroxyl groups is 2. The molecule has 0 heterocycles. The van der Waals surface area contributed by atoms with Gasteiger partial charge in [0.1, 0.15) is 12.4 Å².